The predicted molar refractivity (Wildman–Crippen MR) is 28.8 cm³/mol. The van der Waals surface area contributed by atoms with Crippen LogP contribution in [0.4, 0.5) is 0 Å². The minimum Gasteiger partial charge on any atom is -0.362 e. The first kappa shape index (κ1) is 7.43. The summed E-state index contributed by atoms with van der Waals surface area (Å²) in [5.74, 6) is 8.66. The molecule has 9 heavy (non-hydrogen) atoms. The Morgan fingerprint density at radius 3 is 2.33 bits per heavy atom. The number of nitrogens with zero attached hydrogens (tertiary/aromatic N) is 3. The van der Waals surface area contributed by atoms with Crippen molar-refractivity contribution in [1.82, 2.24) is 5.12 Å². The Bertz CT molecular complexity index is 140. The summed E-state index contributed by atoms with van der Waals surface area (Å²) in [4.78, 5) is 9.69. The maximum Gasteiger partial charge on any atom is 0.295 e. The third-order valence-electron chi connectivity index (χ3n) is 0.543. The summed E-state index contributed by atoms with van der Waals surface area (Å²) >= 11 is 0. The molecule has 0 aromatic heterocycles. The average molecular weight is 134 g/mol. The molecule has 8 nitrogen and oxygen atoms in total. The fourth-order valence-electron chi connectivity index (χ4n) is 0.143. The van der Waals surface area contributed by atoms with Gasteiger partial charge in [0, 0.05) is 5.12 Å². The molecular formula is CH6N6O2. The van der Waals surface area contributed by atoms with E-state index >= 15 is 0 Å². The van der Waals surface area contributed by atoms with Crippen LogP contribution in [0.15, 0.2) is 5.10 Å². The smallest absolute Gasteiger partial charge is 0.295 e. The number of hydrazone groups is 1. The number of hydrazine groups is 2. The van der Waals surface area contributed by atoms with Gasteiger partial charge in [-0.1, -0.05) is 0 Å². The third-order valence-corrected chi connectivity index (χ3v) is 0.543. The zero-order valence-corrected chi connectivity index (χ0v) is 4.39. The second kappa shape index (κ2) is 2.67. The van der Waals surface area contributed by atoms with E-state index in [-0.39, 0.29) is 5.12 Å². The molecule has 0 aliphatic rings. The van der Waals surface area contributed by atoms with Crippen molar-refractivity contribution < 1.29 is 5.03 Å². The molecular weight excluding hydrogens is 128 g/mol. The molecule has 8 heteroatoms. The lowest BCUT2D eigenvalue weighted by Gasteiger charge is -2.02. The van der Waals surface area contributed by atoms with Crippen LogP contribution in [0.1, 0.15) is 0 Å². The van der Waals surface area contributed by atoms with Gasteiger partial charge in [-0.2, -0.15) is 5.84 Å². The van der Waals surface area contributed by atoms with Crippen LogP contribution in [0.2, 0.25) is 0 Å². The summed E-state index contributed by atoms with van der Waals surface area (Å²) in [5.41, 5.74) is 4.80. The van der Waals surface area contributed by atoms with E-state index in [1.54, 1.807) is 0 Å². The second-order valence-corrected chi connectivity index (χ2v) is 1.07. The maximum absolute atomic E-state index is 9.69. The number of rotatable bonds is 1. The van der Waals surface area contributed by atoms with Crippen LogP contribution in [0.3, 0.4) is 0 Å². The van der Waals surface area contributed by atoms with Crippen molar-refractivity contribution in [2.24, 2.45) is 22.5 Å². The minimum absolute atomic E-state index is 0.0139. The molecule has 0 atom stereocenters. The SMILES string of the molecule is NN=C(N)N(N)[N+](=O)[O-]. The van der Waals surface area contributed by atoms with E-state index in [1.165, 1.54) is 0 Å². The van der Waals surface area contributed by atoms with Gasteiger partial charge in [-0.15, -0.1) is 5.10 Å². The predicted octanol–water partition coefficient (Wildman–Crippen LogP) is -2.46. The number of hydrogen-bond donors (Lipinski definition) is 3. The van der Waals surface area contributed by atoms with E-state index in [0.29, 0.717) is 0 Å². The van der Waals surface area contributed by atoms with Gasteiger partial charge in [0.1, 0.15) is 0 Å². The lowest BCUT2D eigenvalue weighted by Crippen LogP contribution is -2.47. The molecule has 0 radical (unpaired) electrons. The first-order valence-electron chi connectivity index (χ1n) is 1.82. The fraction of sp³-hybridized carbons (Fsp3) is 0. The molecule has 0 rings (SSSR count). The van der Waals surface area contributed by atoms with Crippen molar-refractivity contribution in [2.75, 3.05) is 0 Å². The summed E-state index contributed by atoms with van der Waals surface area (Å²) in [6.07, 6.45) is 0. The summed E-state index contributed by atoms with van der Waals surface area (Å²) < 4.78 is 0. The van der Waals surface area contributed by atoms with Crippen LogP contribution in [0, 0.1) is 10.1 Å². The highest BCUT2D eigenvalue weighted by molar-refractivity contribution is 5.75. The molecule has 0 saturated heterocycles. The molecule has 0 aromatic rings. The second-order valence-electron chi connectivity index (χ2n) is 1.07. The van der Waals surface area contributed by atoms with Crippen LogP contribution in [-0.2, 0) is 0 Å². The van der Waals surface area contributed by atoms with Crippen molar-refractivity contribution in [3.8, 4) is 0 Å². The Kier molecular flexibility index (Phi) is 2.20. The topological polar surface area (TPSA) is 137 Å². The lowest BCUT2D eigenvalue weighted by molar-refractivity contribution is -0.632. The number of guanidine groups is 1. The van der Waals surface area contributed by atoms with Crippen LogP contribution in [0.5, 0.6) is 0 Å². The zero-order valence-electron chi connectivity index (χ0n) is 4.39. The summed E-state index contributed by atoms with van der Waals surface area (Å²) in [6.45, 7) is 0. The van der Waals surface area contributed by atoms with Crippen molar-refractivity contribution in [2.45, 2.75) is 0 Å². The van der Waals surface area contributed by atoms with Crippen molar-refractivity contribution >= 4 is 5.96 Å². The first-order valence-corrected chi connectivity index (χ1v) is 1.82. The van der Waals surface area contributed by atoms with Crippen LogP contribution in [0.25, 0.3) is 0 Å². The number of hydrogen-bond acceptors (Lipinski definition) is 5. The van der Waals surface area contributed by atoms with Gasteiger partial charge in [-0.25, -0.2) is 10.1 Å². The average Bonchev–Trinajstić information content (AvgIpc) is 1.84. The van der Waals surface area contributed by atoms with E-state index in [4.69, 9.17) is 5.73 Å². The van der Waals surface area contributed by atoms with Crippen molar-refractivity contribution in [3.63, 3.8) is 0 Å². The highest BCUT2D eigenvalue weighted by Crippen LogP contribution is 1.73. The van der Waals surface area contributed by atoms with Gasteiger partial charge in [0.25, 0.3) is 5.96 Å². The highest BCUT2D eigenvalue weighted by atomic mass is 16.7. The first-order chi connectivity index (χ1) is 4.09. The van der Waals surface area contributed by atoms with Gasteiger partial charge in [0.2, 0.25) is 0 Å². The van der Waals surface area contributed by atoms with Gasteiger partial charge in [-0.3, -0.25) is 0 Å². The van der Waals surface area contributed by atoms with Gasteiger partial charge < -0.3 is 11.6 Å². The fourth-order valence-corrected chi connectivity index (χ4v) is 0.143. The van der Waals surface area contributed by atoms with Gasteiger partial charge in [-0.05, 0) is 0 Å². The van der Waals surface area contributed by atoms with E-state index in [9.17, 15) is 10.1 Å². The molecule has 52 valence electrons. The molecule has 0 spiro atoms. The Balaban J connectivity index is 4.04. The van der Waals surface area contributed by atoms with Crippen LogP contribution in [-0.4, -0.2) is 16.1 Å². The molecule has 0 aliphatic carbocycles. The molecule has 0 unspecified atom stereocenters. The van der Waals surface area contributed by atoms with E-state index in [0.717, 1.165) is 0 Å². The maximum atomic E-state index is 9.69. The van der Waals surface area contributed by atoms with Crippen molar-refractivity contribution in [3.05, 3.63) is 10.1 Å². The zero-order chi connectivity index (χ0) is 7.44. The summed E-state index contributed by atoms with van der Waals surface area (Å²) in [7, 11) is 0. The number of nitrogens with two attached hydrogens (primary N) is 3. The molecule has 0 fully saturated rings. The Morgan fingerprint density at radius 1 is 1.78 bits per heavy atom. The van der Waals surface area contributed by atoms with E-state index in [2.05, 4.69) is 16.8 Å². The van der Waals surface area contributed by atoms with Gasteiger partial charge >= 0.3 is 0 Å². The highest BCUT2D eigenvalue weighted by Gasteiger charge is 2.11. The molecule has 0 heterocycles. The Labute approximate surface area is 50.0 Å². The Hall–Kier alpha value is -1.57. The van der Waals surface area contributed by atoms with Gasteiger partial charge in [0.15, 0.2) is 5.03 Å². The van der Waals surface area contributed by atoms with Crippen LogP contribution < -0.4 is 17.4 Å². The van der Waals surface area contributed by atoms with E-state index < -0.39 is 11.0 Å². The lowest BCUT2D eigenvalue weighted by atomic mass is 11.0. The molecule has 0 bridgehead atoms. The summed E-state index contributed by atoms with van der Waals surface area (Å²) in [5, 5.41) is 11.5. The minimum atomic E-state index is -0.953. The van der Waals surface area contributed by atoms with Crippen LogP contribution >= 0.6 is 0 Å². The third kappa shape index (κ3) is 1.78. The largest absolute Gasteiger partial charge is 0.362 e. The number of nitro groups is 1. The molecule has 0 aromatic carbocycles. The quantitative estimate of drug-likeness (QED) is 0.119. The normalized spacial score (nSPS) is 11.0. The Morgan fingerprint density at radius 2 is 2.22 bits per heavy atom. The van der Waals surface area contributed by atoms with E-state index in [1.807, 2.05) is 0 Å². The van der Waals surface area contributed by atoms with Crippen molar-refractivity contribution in [1.29, 1.82) is 0 Å². The standard InChI is InChI=1S/CH6N6O2/c2-1(5-3)6(4)7(8)9/h3-4H2,(H2,2,5). The summed E-state index contributed by atoms with van der Waals surface area (Å²) in [6, 6.07) is 0. The molecule has 0 aliphatic heterocycles. The monoisotopic (exact) mass is 134 g/mol. The molecule has 6 N–H and O–H groups in total. The molecule has 0 saturated carbocycles. The molecule has 0 amide bonds. The van der Waals surface area contributed by atoms with Gasteiger partial charge in [0.05, 0.1) is 0 Å².